The molecule has 0 radical (unpaired) electrons. The number of nitro groups is 1. The molecule has 1 aromatic rings. The predicted molar refractivity (Wildman–Crippen MR) is 71.2 cm³/mol. The van der Waals surface area contributed by atoms with Gasteiger partial charge in [-0.1, -0.05) is 0 Å². The number of anilines is 1. The van der Waals surface area contributed by atoms with Crippen molar-refractivity contribution < 1.29 is 14.4 Å². The van der Waals surface area contributed by atoms with E-state index >= 15 is 0 Å². The van der Waals surface area contributed by atoms with E-state index in [-0.39, 0.29) is 11.8 Å². The fourth-order valence-corrected chi connectivity index (χ4v) is 1.99. The Morgan fingerprint density at radius 2 is 2.35 bits per heavy atom. The van der Waals surface area contributed by atoms with Crippen LogP contribution in [0.15, 0.2) is 18.2 Å². The minimum atomic E-state index is -0.632. The molecule has 2 rings (SSSR count). The highest BCUT2D eigenvalue weighted by Crippen LogP contribution is 2.27. The molecule has 0 bridgehead atoms. The molecule has 0 aromatic heterocycles. The fraction of sp³-hybridized carbons (Fsp3) is 0.462. The van der Waals surface area contributed by atoms with Crippen molar-refractivity contribution >= 4 is 11.4 Å². The number of nitrogens with one attached hydrogen (secondary N) is 1. The van der Waals surface area contributed by atoms with Gasteiger partial charge in [-0.15, -0.1) is 0 Å². The summed E-state index contributed by atoms with van der Waals surface area (Å²) in [6.07, 6.45) is -0.185. The Bertz CT molecular complexity index is 565. The summed E-state index contributed by atoms with van der Waals surface area (Å²) in [4.78, 5) is 10.5. The Morgan fingerprint density at radius 3 is 2.90 bits per heavy atom. The molecule has 7 nitrogen and oxygen atoms in total. The normalized spacial score (nSPS) is 20.4. The van der Waals surface area contributed by atoms with Gasteiger partial charge in [0, 0.05) is 12.6 Å². The lowest BCUT2D eigenvalue weighted by atomic mass is 10.2. The lowest BCUT2D eigenvalue weighted by Crippen LogP contribution is -2.26. The summed E-state index contributed by atoms with van der Waals surface area (Å²) < 4.78 is 11.0. The number of ether oxygens (including phenoxy) is 2. The van der Waals surface area contributed by atoms with Crippen molar-refractivity contribution in [3.8, 4) is 6.07 Å². The van der Waals surface area contributed by atoms with E-state index in [0.717, 1.165) is 0 Å². The molecular weight excluding hydrogens is 262 g/mol. The Kier molecular flexibility index (Phi) is 3.88. The van der Waals surface area contributed by atoms with E-state index < -0.39 is 10.7 Å². The van der Waals surface area contributed by atoms with Gasteiger partial charge in [0.2, 0.25) is 0 Å². The largest absolute Gasteiger partial charge is 0.377 e. The Morgan fingerprint density at radius 1 is 1.60 bits per heavy atom. The zero-order valence-electron chi connectivity index (χ0n) is 11.3. The van der Waals surface area contributed by atoms with Gasteiger partial charge < -0.3 is 14.8 Å². The number of nitrogens with zero attached hydrogens (tertiary/aromatic N) is 2. The maximum Gasteiger partial charge on any atom is 0.292 e. The summed E-state index contributed by atoms with van der Waals surface area (Å²) in [7, 11) is 0. The number of hydrogen-bond donors (Lipinski definition) is 1. The SMILES string of the molecule is CC1(C)OCC(CNc2cc(C#N)ccc2[N+](=O)[O-])O1. The van der Waals surface area contributed by atoms with Crippen LogP contribution in [0.4, 0.5) is 11.4 Å². The first-order valence-corrected chi connectivity index (χ1v) is 6.15. The Balaban J connectivity index is 2.09. The molecule has 106 valence electrons. The molecule has 1 aliphatic heterocycles. The second kappa shape index (κ2) is 5.45. The number of nitro benzene ring substituents is 1. The van der Waals surface area contributed by atoms with Crippen LogP contribution in [-0.4, -0.2) is 30.0 Å². The van der Waals surface area contributed by atoms with Crippen LogP contribution in [0.1, 0.15) is 19.4 Å². The fourth-order valence-electron chi connectivity index (χ4n) is 1.99. The van der Waals surface area contributed by atoms with Crippen LogP contribution in [-0.2, 0) is 9.47 Å². The van der Waals surface area contributed by atoms with E-state index in [0.29, 0.717) is 24.4 Å². The number of benzene rings is 1. The highest BCUT2D eigenvalue weighted by molar-refractivity contribution is 5.64. The van der Waals surface area contributed by atoms with Crippen molar-refractivity contribution in [2.24, 2.45) is 0 Å². The highest BCUT2D eigenvalue weighted by Gasteiger charge is 2.32. The molecule has 20 heavy (non-hydrogen) atoms. The zero-order valence-corrected chi connectivity index (χ0v) is 11.3. The van der Waals surface area contributed by atoms with Gasteiger partial charge in [-0.25, -0.2) is 0 Å². The van der Waals surface area contributed by atoms with E-state index in [1.807, 2.05) is 19.9 Å². The van der Waals surface area contributed by atoms with E-state index in [1.165, 1.54) is 18.2 Å². The first-order chi connectivity index (χ1) is 9.41. The minimum Gasteiger partial charge on any atom is -0.377 e. The van der Waals surface area contributed by atoms with E-state index in [1.54, 1.807) is 0 Å². The molecule has 0 aliphatic carbocycles. The number of rotatable bonds is 4. The maximum absolute atomic E-state index is 10.9. The summed E-state index contributed by atoms with van der Waals surface area (Å²) in [6.45, 7) is 4.42. The average molecular weight is 277 g/mol. The zero-order chi connectivity index (χ0) is 14.8. The second-order valence-electron chi connectivity index (χ2n) is 4.93. The van der Waals surface area contributed by atoms with E-state index in [2.05, 4.69) is 5.32 Å². The van der Waals surface area contributed by atoms with Crippen molar-refractivity contribution in [3.63, 3.8) is 0 Å². The van der Waals surface area contributed by atoms with Crippen molar-refractivity contribution in [1.82, 2.24) is 0 Å². The summed E-state index contributed by atoms with van der Waals surface area (Å²) in [5.41, 5.74) is 0.603. The molecule has 0 saturated carbocycles. The third-order valence-corrected chi connectivity index (χ3v) is 2.91. The van der Waals surface area contributed by atoms with Gasteiger partial charge >= 0.3 is 0 Å². The number of nitriles is 1. The lowest BCUT2D eigenvalue weighted by Gasteiger charge is -2.17. The summed E-state index contributed by atoms with van der Waals surface area (Å²) in [5.74, 6) is -0.632. The standard InChI is InChI=1S/C13H15N3O4/c1-13(2)19-8-10(20-13)7-15-11-5-9(6-14)3-4-12(11)16(17)18/h3-5,10,15H,7-8H2,1-2H3. The first-order valence-electron chi connectivity index (χ1n) is 6.15. The quantitative estimate of drug-likeness (QED) is 0.668. The van der Waals surface area contributed by atoms with Gasteiger partial charge in [-0.05, 0) is 26.0 Å². The van der Waals surface area contributed by atoms with Crippen molar-refractivity contribution in [1.29, 1.82) is 5.26 Å². The van der Waals surface area contributed by atoms with Crippen LogP contribution in [0.2, 0.25) is 0 Å². The van der Waals surface area contributed by atoms with Gasteiger partial charge in [0.25, 0.3) is 5.69 Å². The first kappa shape index (κ1) is 14.2. The van der Waals surface area contributed by atoms with Crippen LogP contribution in [0.3, 0.4) is 0 Å². The lowest BCUT2D eigenvalue weighted by molar-refractivity contribution is -0.384. The van der Waals surface area contributed by atoms with Gasteiger partial charge in [0.05, 0.1) is 23.2 Å². The van der Waals surface area contributed by atoms with E-state index in [4.69, 9.17) is 14.7 Å². The average Bonchev–Trinajstić information content (AvgIpc) is 2.75. The third kappa shape index (κ3) is 3.23. The summed E-state index contributed by atoms with van der Waals surface area (Å²) >= 11 is 0. The molecule has 0 spiro atoms. The summed E-state index contributed by atoms with van der Waals surface area (Å²) in [6, 6.07) is 6.15. The summed E-state index contributed by atoms with van der Waals surface area (Å²) in [5, 5.41) is 22.7. The molecular formula is C13H15N3O4. The Labute approximate surface area is 116 Å². The van der Waals surface area contributed by atoms with E-state index in [9.17, 15) is 10.1 Å². The highest BCUT2D eigenvalue weighted by atomic mass is 16.7. The van der Waals surface area contributed by atoms with Gasteiger partial charge in [0.1, 0.15) is 11.8 Å². The van der Waals surface area contributed by atoms with Crippen LogP contribution in [0.5, 0.6) is 0 Å². The van der Waals surface area contributed by atoms with Gasteiger partial charge in [-0.2, -0.15) is 5.26 Å². The van der Waals surface area contributed by atoms with Crippen molar-refractivity contribution in [2.45, 2.75) is 25.7 Å². The maximum atomic E-state index is 10.9. The molecule has 1 fully saturated rings. The second-order valence-corrected chi connectivity index (χ2v) is 4.93. The van der Waals surface area contributed by atoms with Crippen molar-refractivity contribution in [3.05, 3.63) is 33.9 Å². The predicted octanol–water partition coefficient (Wildman–Crippen LogP) is 2.03. The Hall–Kier alpha value is -2.17. The van der Waals surface area contributed by atoms with Crippen LogP contribution >= 0.6 is 0 Å². The molecule has 1 N–H and O–H groups in total. The van der Waals surface area contributed by atoms with Crippen LogP contribution in [0.25, 0.3) is 0 Å². The molecule has 1 atom stereocenters. The smallest absolute Gasteiger partial charge is 0.292 e. The van der Waals surface area contributed by atoms with Gasteiger partial charge in [-0.3, -0.25) is 10.1 Å². The molecule has 1 heterocycles. The molecule has 7 heteroatoms. The van der Waals surface area contributed by atoms with Crippen molar-refractivity contribution in [2.75, 3.05) is 18.5 Å². The molecule has 1 aromatic carbocycles. The number of hydrogen-bond acceptors (Lipinski definition) is 6. The monoisotopic (exact) mass is 277 g/mol. The molecule has 1 aliphatic rings. The van der Waals surface area contributed by atoms with Gasteiger partial charge in [0.15, 0.2) is 5.79 Å². The minimum absolute atomic E-state index is 0.0674. The van der Waals surface area contributed by atoms with Crippen LogP contribution in [0, 0.1) is 21.4 Å². The molecule has 1 unspecified atom stereocenters. The topological polar surface area (TPSA) is 97.4 Å². The van der Waals surface area contributed by atoms with Crippen LogP contribution < -0.4 is 5.32 Å². The molecule has 0 amide bonds. The third-order valence-electron chi connectivity index (χ3n) is 2.91. The molecule has 1 saturated heterocycles.